The van der Waals surface area contributed by atoms with E-state index in [0.29, 0.717) is 29.1 Å². The third kappa shape index (κ3) is 4.90. The lowest BCUT2D eigenvalue weighted by Gasteiger charge is -2.18. The Bertz CT molecular complexity index is 1630. The molecule has 10 heteroatoms. The van der Waals surface area contributed by atoms with Crippen molar-refractivity contribution in [3.63, 3.8) is 0 Å². The quantitative estimate of drug-likeness (QED) is 0.302. The second-order valence-corrected chi connectivity index (χ2v) is 11.6. The number of aromatic nitrogens is 4. The molecule has 2 N–H and O–H groups in total. The van der Waals surface area contributed by atoms with Crippen LogP contribution in [0, 0.1) is 11.8 Å². The van der Waals surface area contributed by atoms with Crippen molar-refractivity contribution >= 4 is 46.4 Å². The lowest BCUT2D eigenvalue weighted by atomic mass is 10.1. The van der Waals surface area contributed by atoms with Gasteiger partial charge in [-0.25, -0.2) is 15.0 Å². The van der Waals surface area contributed by atoms with Gasteiger partial charge in [-0.2, -0.15) is 0 Å². The molecule has 2 aliphatic carbocycles. The van der Waals surface area contributed by atoms with Gasteiger partial charge in [0.15, 0.2) is 5.65 Å². The van der Waals surface area contributed by atoms with Gasteiger partial charge in [-0.15, -0.1) is 0 Å². The predicted molar refractivity (Wildman–Crippen MR) is 154 cm³/mol. The van der Waals surface area contributed by atoms with Crippen LogP contribution in [0.1, 0.15) is 61.3 Å². The Labute approximate surface area is 237 Å². The first-order valence-corrected chi connectivity index (χ1v) is 14.3. The molecule has 0 radical (unpaired) electrons. The molecule has 3 fully saturated rings. The SMILES string of the molecule is CC1CCN(c2cc(C3CC3)cn3cc(CNc4cc(NC(=O)C5CC5c5cccc(Cl)c5)ncn4)nc23)C1=O. The highest BCUT2D eigenvalue weighted by Gasteiger charge is 2.44. The first-order chi connectivity index (χ1) is 19.4. The molecule has 2 amide bonds. The van der Waals surface area contributed by atoms with Crippen LogP contribution in [0.15, 0.2) is 55.1 Å². The zero-order chi connectivity index (χ0) is 27.4. The van der Waals surface area contributed by atoms with Gasteiger partial charge in [-0.1, -0.05) is 30.7 Å². The van der Waals surface area contributed by atoms with Gasteiger partial charge in [0.2, 0.25) is 11.8 Å². The van der Waals surface area contributed by atoms with Crippen molar-refractivity contribution in [1.82, 2.24) is 19.4 Å². The van der Waals surface area contributed by atoms with E-state index in [1.165, 1.54) is 24.7 Å². The van der Waals surface area contributed by atoms with Gasteiger partial charge in [0, 0.05) is 41.9 Å². The van der Waals surface area contributed by atoms with Gasteiger partial charge in [0.05, 0.1) is 17.9 Å². The van der Waals surface area contributed by atoms with Crippen molar-refractivity contribution in [3.05, 3.63) is 77.0 Å². The first kappa shape index (κ1) is 25.0. The second-order valence-electron chi connectivity index (χ2n) is 11.2. The van der Waals surface area contributed by atoms with Crippen molar-refractivity contribution in [2.24, 2.45) is 11.8 Å². The number of hydrogen-bond acceptors (Lipinski definition) is 6. The number of nitrogens with one attached hydrogen (secondary N) is 2. The molecule has 1 saturated heterocycles. The fourth-order valence-corrected chi connectivity index (χ4v) is 5.85. The third-order valence-corrected chi connectivity index (χ3v) is 8.42. The number of carbonyl (C=O) groups excluding carboxylic acids is 2. The number of pyridine rings is 1. The molecular weight excluding hydrogens is 526 g/mol. The number of anilines is 3. The summed E-state index contributed by atoms with van der Waals surface area (Å²) >= 11 is 6.11. The Morgan fingerprint density at radius 1 is 1.07 bits per heavy atom. The highest BCUT2D eigenvalue weighted by atomic mass is 35.5. The van der Waals surface area contributed by atoms with E-state index in [-0.39, 0.29) is 29.6 Å². The standard InChI is InChI=1S/C30H30ClN7O2/c1-17-7-8-38(30(17)40)25-10-20(18-5-6-18)14-37-15-22(35-28(25)37)13-32-26-12-27(34-16-33-26)36-29(39)24-11-23(24)19-3-2-4-21(31)9-19/h2-4,9-10,12,14-18,23-24H,5-8,11,13H2,1H3,(H2,32,33,34,36,39). The van der Waals surface area contributed by atoms with Crippen LogP contribution in [0.2, 0.25) is 5.02 Å². The zero-order valence-electron chi connectivity index (χ0n) is 22.2. The van der Waals surface area contributed by atoms with E-state index in [1.807, 2.05) is 46.7 Å². The Balaban J connectivity index is 1.04. The van der Waals surface area contributed by atoms with Crippen molar-refractivity contribution in [2.75, 3.05) is 22.1 Å². The van der Waals surface area contributed by atoms with Crippen LogP contribution >= 0.6 is 11.6 Å². The number of benzene rings is 1. The largest absolute Gasteiger partial charge is 0.364 e. The van der Waals surface area contributed by atoms with Crippen molar-refractivity contribution < 1.29 is 9.59 Å². The molecule has 2 saturated carbocycles. The molecule has 0 spiro atoms. The predicted octanol–water partition coefficient (Wildman–Crippen LogP) is 5.38. The highest BCUT2D eigenvalue weighted by Crippen LogP contribution is 2.48. The van der Waals surface area contributed by atoms with E-state index in [4.69, 9.17) is 16.6 Å². The van der Waals surface area contributed by atoms with Gasteiger partial charge >= 0.3 is 0 Å². The van der Waals surface area contributed by atoms with Crippen LogP contribution in [-0.2, 0) is 16.1 Å². The van der Waals surface area contributed by atoms with Gasteiger partial charge in [-0.05, 0) is 66.8 Å². The number of halogens is 1. The topological polar surface area (TPSA) is 105 Å². The summed E-state index contributed by atoms with van der Waals surface area (Å²) < 4.78 is 2.05. The van der Waals surface area contributed by atoms with E-state index in [9.17, 15) is 9.59 Å². The summed E-state index contributed by atoms with van der Waals surface area (Å²) in [6.07, 6.45) is 9.62. The summed E-state index contributed by atoms with van der Waals surface area (Å²) in [6, 6.07) is 11.6. The molecular formula is C30H30ClN7O2. The highest BCUT2D eigenvalue weighted by molar-refractivity contribution is 6.30. The molecule has 4 heterocycles. The maximum Gasteiger partial charge on any atom is 0.229 e. The number of carbonyl (C=O) groups is 2. The van der Waals surface area contributed by atoms with E-state index >= 15 is 0 Å². The minimum absolute atomic E-state index is 0.0378. The maximum absolute atomic E-state index is 12.8. The van der Waals surface area contributed by atoms with Crippen molar-refractivity contribution in [2.45, 2.75) is 51.0 Å². The number of rotatable bonds is 8. The lowest BCUT2D eigenvalue weighted by Crippen LogP contribution is -2.27. The van der Waals surface area contributed by atoms with Crippen LogP contribution in [0.5, 0.6) is 0 Å². The zero-order valence-corrected chi connectivity index (χ0v) is 22.9. The van der Waals surface area contributed by atoms with Crippen LogP contribution in [0.3, 0.4) is 0 Å². The third-order valence-electron chi connectivity index (χ3n) is 8.19. The summed E-state index contributed by atoms with van der Waals surface area (Å²) in [5, 5.41) is 6.91. The molecule has 3 aliphatic rings. The summed E-state index contributed by atoms with van der Waals surface area (Å²) in [7, 11) is 0. The molecule has 1 aromatic carbocycles. The molecule has 3 atom stereocenters. The van der Waals surface area contributed by atoms with Crippen LogP contribution in [0.4, 0.5) is 17.3 Å². The molecule has 7 rings (SSSR count). The van der Waals surface area contributed by atoms with E-state index in [1.54, 1.807) is 6.07 Å². The monoisotopic (exact) mass is 555 g/mol. The Morgan fingerprint density at radius 3 is 2.70 bits per heavy atom. The number of fused-ring (bicyclic) bond motifs is 1. The minimum Gasteiger partial charge on any atom is -0.364 e. The van der Waals surface area contributed by atoms with E-state index in [0.717, 1.165) is 42.0 Å². The maximum atomic E-state index is 12.8. The second kappa shape index (κ2) is 9.89. The van der Waals surface area contributed by atoms with Gasteiger partial charge in [0.25, 0.3) is 0 Å². The molecule has 204 valence electrons. The smallest absolute Gasteiger partial charge is 0.229 e. The molecule has 0 bridgehead atoms. The average Bonchev–Trinajstić information content (AvgIpc) is 3.87. The number of amides is 2. The lowest BCUT2D eigenvalue weighted by molar-refractivity contribution is -0.120. The molecule has 1 aliphatic heterocycles. The van der Waals surface area contributed by atoms with Gasteiger partial charge < -0.3 is 19.9 Å². The first-order valence-electron chi connectivity index (χ1n) is 13.9. The average molecular weight is 556 g/mol. The molecule has 9 nitrogen and oxygen atoms in total. The normalized spacial score (nSPS) is 22.1. The Kier molecular flexibility index (Phi) is 6.19. The summed E-state index contributed by atoms with van der Waals surface area (Å²) in [5.41, 5.74) is 4.86. The van der Waals surface area contributed by atoms with Gasteiger partial charge in [0.1, 0.15) is 18.0 Å². The number of hydrogen-bond donors (Lipinski definition) is 2. The fourth-order valence-electron chi connectivity index (χ4n) is 5.65. The molecule has 4 aromatic rings. The van der Waals surface area contributed by atoms with Crippen molar-refractivity contribution in [1.29, 1.82) is 0 Å². The minimum atomic E-state index is -0.0944. The fraction of sp³-hybridized carbons (Fsp3) is 0.367. The molecule has 3 aromatic heterocycles. The number of imidazole rings is 1. The summed E-state index contributed by atoms with van der Waals surface area (Å²) in [6.45, 7) is 3.15. The number of nitrogens with zero attached hydrogens (tertiary/aromatic N) is 5. The summed E-state index contributed by atoms with van der Waals surface area (Å²) in [4.78, 5) is 41.0. The molecule has 3 unspecified atom stereocenters. The molecule has 40 heavy (non-hydrogen) atoms. The van der Waals surface area contributed by atoms with Crippen LogP contribution < -0.4 is 15.5 Å². The van der Waals surface area contributed by atoms with Crippen molar-refractivity contribution in [3.8, 4) is 0 Å². The Morgan fingerprint density at radius 2 is 1.93 bits per heavy atom. The van der Waals surface area contributed by atoms with E-state index < -0.39 is 0 Å². The van der Waals surface area contributed by atoms with Crippen LogP contribution in [-0.4, -0.2) is 37.7 Å². The van der Waals surface area contributed by atoms with Crippen LogP contribution in [0.25, 0.3) is 5.65 Å². The summed E-state index contributed by atoms with van der Waals surface area (Å²) in [5.74, 6) is 1.84. The van der Waals surface area contributed by atoms with Gasteiger partial charge in [-0.3, -0.25) is 9.59 Å². The Hall–Kier alpha value is -3.98. The van der Waals surface area contributed by atoms with E-state index in [2.05, 4.69) is 32.9 Å².